The van der Waals surface area contributed by atoms with Crippen molar-refractivity contribution < 1.29 is 29.3 Å². The van der Waals surface area contributed by atoms with E-state index < -0.39 is 36.0 Å². The van der Waals surface area contributed by atoms with E-state index in [4.69, 9.17) is 4.74 Å². The maximum Gasteiger partial charge on any atom is 0.407 e. The minimum atomic E-state index is -1.31. The molecule has 4 rings (SSSR count). The van der Waals surface area contributed by atoms with Crippen LogP contribution in [-0.2, 0) is 14.3 Å². The molecule has 8 nitrogen and oxygen atoms in total. The molecule has 2 aromatic rings. The van der Waals surface area contributed by atoms with Gasteiger partial charge in [-0.25, -0.2) is 4.79 Å². The van der Waals surface area contributed by atoms with Crippen molar-refractivity contribution in [3.05, 3.63) is 59.7 Å². The largest absolute Gasteiger partial charge is 0.481 e. The van der Waals surface area contributed by atoms with Crippen molar-refractivity contribution in [2.24, 2.45) is 5.92 Å². The summed E-state index contributed by atoms with van der Waals surface area (Å²) < 4.78 is 5.46. The normalized spacial score (nSPS) is 21.9. The van der Waals surface area contributed by atoms with Crippen molar-refractivity contribution in [2.45, 2.75) is 56.6 Å². The molecule has 0 bridgehead atoms. The highest BCUT2D eigenvalue weighted by molar-refractivity contribution is 5.89. The van der Waals surface area contributed by atoms with Gasteiger partial charge >= 0.3 is 12.1 Å². The van der Waals surface area contributed by atoms with E-state index in [2.05, 4.69) is 17.6 Å². The van der Waals surface area contributed by atoms with Crippen molar-refractivity contribution in [1.29, 1.82) is 0 Å². The molecule has 1 atom stereocenters. The summed E-state index contributed by atoms with van der Waals surface area (Å²) >= 11 is 0. The van der Waals surface area contributed by atoms with Gasteiger partial charge < -0.3 is 25.6 Å². The Morgan fingerprint density at radius 3 is 2.17 bits per heavy atom. The first-order chi connectivity index (χ1) is 16.8. The molecular weight excluding hydrogens is 448 g/mol. The molecular formula is C27H32N2O6. The number of nitrogens with one attached hydrogen (secondary N) is 2. The number of carbonyl (C=O) groups excluding carboxylic acids is 2. The number of amides is 2. The monoisotopic (exact) mass is 480 g/mol. The summed E-state index contributed by atoms with van der Waals surface area (Å²) in [6.07, 6.45) is 1.41. The zero-order chi connectivity index (χ0) is 25.0. The number of carboxylic acids is 1. The Bertz CT molecular complexity index is 1050. The molecule has 35 heavy (non-hydrogen) atoms. The number of benzene rings is 2. The van der Waals surface area contributed by atoms with E-state index in [1.54, 1.807) is 0 Å². The van der Waals surface area contributed by atoms with Crippen molar-refractivity contribution >= 4 is 18.0 Å². The van der Waals surface area contributed by atoms with Crippen LogP contribution in [0.15, 0.2) is 48.5 Å². The lowest BCUT2D eigenvalue weighted by Gasteiger charge is -2.35. The van der Waals surface area contributed by atoms with Crippen LogP contribution in [0.1, 0.15) is 56.1 Å². The quantitative estimate of drug-likeness (QED) is 0.459. The molecule has 2 aromatic carbocycles. The van der Waals surface area contributed by atoms with E-state index >= 15 is 0 Å². The van der Waals surface area contributed by atoms with Crippen LogP contribution in [0.5, 0.6) is 0 Å². The summed E-state index contributed by atoms with van der Waals surface area (Å²) in [5.74, 6) is -1.51. The highest BCUT2D eigenvalue weighted by atomic mass is 16.5. The molecule has 186 valence electrons. The van der Waals surface area contributed by atoms with Crippen molar-refractivity contribution in [3.63, 3.8) is 0 Å². The summed E-state index contributed by atoms with van der Waals surface area (Å²) in [4.78, 5) is 36.6. The van der Waals surface area contributed by atoms with E-state index in [0.717, 1.165) is 35.1 Å². The molecule has 1 unspecified atom stereocenters. The van der Waals surface area contributed by atoms with Crippen LogP contribution < -0.4 is 10.6 Å². The van der Waals surface area contributed by atoms with Gasteiger partial charge in [0.15, 0.2) is 0 Å². The fourth-order valence-electron chi connectivity index (χ4n) is 5.02. The van der Waals surface area contributed by atoms with Crippen molar-refractivity contribution in [2.75, 3.05) is 13.2 Å². The topological polar surface area (TPSA) is 125 Å². The third-order valence-electron chi connectivity index (χ3n) is 7.13. The number of rotatable bonds is 8. The van der Waals surface area contributed by atoms with Gasteiger partial charge in [0.05, 0.1) is 12.0 Å². The molecule has 8 heteroatoms. The maximum atomic E-state index is 12.7. The molecule has 0 saturated heterocycles. The van der Waals surface area contributed by atoms with Crippen LogP contribution in [0, 0.1) is 5.92 Å². The Balaban J connectivity index is 1.36. The van der Waals surface area contributed by atoms with Gasteiger partial charge in [0.25, 0.3) is 0 Å². The van der Waals surface area contributed by atoms with Crippen LogP contribution in [-0.4, -0.2) is 53.0 Å². The first kappa shape index (κ1) is 24.7. The molecule has 0 aliphatic heterocycles. The average molecular weight is 481 g/mol. The van der Waals surface area contributed by atoms with Crippen LogP contribution in [0.2, 0.25) is 0 Å². The van der Waals surface area contributed by atoms with Gasteiger partial charge in [0.2, 0.25) is 5.91 Å². The molecule has 4 N–H and O–H groups in total. The van der Waals surface area contributed by atoms with Gasteiger partial charge in [-0.05, 0) is 53.9 Å². The van der Waals surface area contributed by atoms with E-state index in [1.807, 2.05) is 48.5 Å². The second-order valence-corrected chi connectivity index (χ2v) is 9.75. The van der Waals surface area contributed by atoms with Gasteiger partial charge in [0.1, 0.15) is 12.6 Å². The van der Waals surface area contributed by atoms with Crippen LogP contribution in [0.25, 0.3) is 11.1 Å². The molecule has 1 fully saturated rings. The van der Waals surface area contributed by atoms with Gasteiger partial charge in [-0.3, -0.25) is 9.59 Å². The number of fused-ring (bicyclic) bond motifs is 3. The van der Waals surface area contributed by atoms with Gasteiger partial charge in [-0.2, -0.15) is 0 Å². The number of hydrogen-bond donors (Lipinski definition) is 4. The predicted molar refractivity (Wildman–Crippen MR) is 130 cm³/mol. The number of alkyl carbamates (subject to hydrolysis) is 1. The minimum absolute atomic E-state index is 0.0149. The molecule has 2 amide bonds. The van der Waals surface area contributed by atoms with Gasteiger partial charge in [-0.1, -0.05) is 55.5 Å². The van der Waals surface area contributed by atoms with Crippen molar-refractivity contribution in [3.8, 4) is 11.1 Å². The Labute approximate surface area is 204 Å². The highest BCUT2D eigenvalue weighted by Gasteiger charge is 2.34. The molecule has 1 saturated carbocycles. The summed E-state index contributed by atoms with van der Waals surface area (Å²) in [6.45, 7) is 2.19. The number of aliphatic hydroxyl groups is 1. The summed E-state index contributed by atoms with van der Waals surface area (Å²) in [7, 11) is 0. The van der Waals surface area contributed by atoms with E-state index in [0.29, 0.717) is 18.8 Å². The van der Waals surface area contributed by atoms with Crippen molar-refractivity contribution in [1.82, 2.24) is 10.6 Å². The van der Waals surface area contributed by atoms with Crippen LogP contribution in [0.3, 0.4) is 0 Å². The van der Waals surface area contributed by atoms with E-state index in [9.17, 15) is 24.6 Å². The summed E-state index contributed by atoms with van der Waals surface area (Å²) in [5, 5.41) is 25.0. The number of hydrogen-bond acceptors (Lipinski definition) is 5. The molecule has 0 aromatic heterocycles. The first-order valence-electron chi connectivity index (χ1n) is 12.1. The fourth-order valence-corrected chi connectivity index (χ4v) is 5.02. The van der Waals surface area contributed by atoms with Gasteiger partial charge in [-0.15, -0.1) is 0 Å². The predicted octanol–water partition coefficient (Wildman–Crippen LogP) is 3.43. The Morgan fingerprint density at radius 1 is 1.03 bits per heavy atom. The van der Waals surface area contributed by atoms with Gasteiger partial charge in [0, 0.05) is 12.5 Å². The second kappa shape index (κ2) is 10.5. The highest BCUT2D eigenvalue weighted by Crippen LogP contribution is 2.44. The third kappa shape index (κ3) is 5.82. The Morgan fingerprint density at radius 2 is 1.60 bits per heavy atom. The Kier molecular flexibility index (Phi) is 7.40. The van der Waals surface area contributed by atoms with E-state index in [-0.39, 0.29) is 19.1 Å². The standard InChI is InChI=1S/C27H32N2O6/c1-17-10-12-27(34,13-11-17)16-28-25(32)23(14-24(30)31)29-26(33)35-15-22-20-8-4-2-6-18(20)19-7-3-5-9-21(19)22/h2-9,17,22-23,34H,10-16H2,1H3,(H,28,32)(H,29,33)(H,30,31). The third-order valence-corrected chi connectivity index (χ3v) is 7.13. The maximum absolute atomic E-state index is 12.7. The summed E-state index contributed by atoms with van der Waals surface area (Å²) in [5.41, 5.74) is 3.28. The molecule has 0 radical (unpaired) electrons. The molecule has 0 heterocycles. The lowest BCUT2D eigenvalue weighted by molar-refractivity contribution is -0.140. The number of aliphatic carboxylic acids is 1. The first-order valence-corrected chi connectivity index (χ1v) is 12.1. The van der Waals surface area contributed by atoms with Crippen LogP contribution >= 0.6 is 0 Å². The summed E-state index contributed by atoms with van der Waals surface area (Å²) in [6, 6.07) is 14.5. The minimum Gasteiger partial charge on any atom is -0.481 e. The zero-order valence-electron chi connectivity index (χ0n) is 19.8. The second-order valence-electron chi connectivity index (χ2n) is 9.75. The Hall–Kier alpha value is -3.39. The smallest absolute Gasteiger partial charge is 0.407 e. The molecule has 0 spiro atoms. The lowest BCUT2D eigenvalue weighted by Crippen LogP contribution is -2.52. The molecule has 2 aliphatic rings. The number of carbonyl (C=O) groups is 3. The lowest BCUT2D eigenvalue weighted by atomic mass is 9.79. The SMILES string of the molecule is CC1CCC(O)(CNC(=O)C(CC(=O)O)NC(=O)OCC2c3ccccc3-c3ccccc32)CC1. The molecule has 2 aliphatic carbocycles. The number of carboxylic acid groups (broad SMARTS) is 1. The fraction of sp³-hybridized carbons (Fsp3) is 0.444. The number of ether oxygens (including phenoxy) is 1. The van der Waals surface area contributed by atoms with E-state index in [1.165, 1.54) is 0 Å². The zero-order valence-corrected chi connectivity index (χ0v) is 19.8. The average Bonchev–Trinajstić information content (AvgIpc) is 3.16. The van der Waals surface area contributed by atoms with Crippen LogP contribution in [0.4, 0.5) is 4.79 Å².